The SMILES string of the molecule is COc1ccc(C)cc1OC1CCCCC1. The standard InChI is InChI=1S/C14H20O2/c1-11-8-9-13(15-2)14(10-11)16-12-6-4-3-5-7-12/h8-10,12H,3-7H2,1-2H3. The van der Waals surface area contributed by atoms with Gasteiger partial charge in [-0.25, -0.2) is 0 Å². The lowest BCUT2D eigenvalue weighted by molar-refractivity contribution is 0.149. The molecule has 0 unspecified atom stereocenters. The number of benzene rings is 1. The molecule has 2 nitrogen and oxygen atoms in total. The fourth-order valence-electron chi connectivity index (χ4n) is 2.24. The third kappa shape index (κ3) is 2.69. The summed E-state index contributed by atoms with van der Waals surface area (Å²) in [6.45, 7) is 2.08. The van der Waals surface area contributed by atoms with Crippen LogP contribution in [0.15, 0.2) is 18.2 Å². The Morgan fingerprint density at radius 3 is 2.50 bits per heavy atom. The van der Waals surface area contributed by atoms with E-state index < -0.39 is 0 Å². The Labute approximate surface area is 97.6 Å². The van der Waals surface area contributed by atoms with Crippen molar-refractivity contribution in [1.29, 1.82) is 0 Å². The molecule has 0 N–H and O–H groups in total. The maximum atomic E-state index is 6.03. The predicted molar refractivity (Wildman–Crippen MR) is 65.2 cm³/mol. The molecule has 0 radical (unpaired) electrons. The van der Waals surface area contributed by atoms with Crippen molar-refractivity contribution in [1.82, 2.24) is 0 Å². The van der Waals surface area contributed by atoms with Gasteiger partial charge in [-0.15, -0.1) is 0 Å². The molecule has 0 heterocycles. The zero-order valence-electron chi connectivity index (χ0n) is 10.2. The van der Waals surface area contributed by atoms with Crippen LogP contribution >= 0.6 is 0 Å². The molecule has 0 saturated heterocycles. The molecule has 1 fully saturated rings. The molecule has 0 aliphatic heterocycles. The van der Waals surface area contributed by atoms with Gasteiger partial charge in [0, 0.05) is 0 Å². The van der Waals surface area contributed by atoms with Crippen LogP contribution < -0.4 is 9.47 Å². The molecular formula is C14H20O2. The highest BCUT2D eigenvalue weighted by atomic mass is 16.5. The second kappa shape index (κ2) is 5.24. The number of hydrogen-bond acceptors (Lipinski definition) is 2. The normalized spacial score (nSPS) is 17.1. The van der Waals surface area contributed by atoms with Crippen molar-refractivity contribution in [2.75, 3.05) is 7.11 Å². The van der Waals surface area contributed by atoms with Gasteiger partial charge < -0.3 is 9.47 Å². The zero-order chi connectivity index (χ0) is 11.4. The molecule has 0 spiro atoms. The molecule has 2 rings (SSSR count). The highest BCUT2D eigenvalue weighted by Gasteiger charge is 2.16. The fraction of sp³-hybridized carbons (Fsp3) is 0.571. The first-order chi connectivity index (χ1) is 7.79. The van der Waals surface area contributed by atoms with Crippen LogP contribution in [0.3, 0.4) is 0 Å². The lowest BCUT2D eigenvalue weighted by atomic mass is 9.98. The van der Waals surface area contributed by atoms with E-state index in [1.807, 2.05) is 12.1 Å². The Morgan fingerprint density at radius 1 is 1.06 bits per heavy atom. The monoisotopic (exact) mass is 220 g/mol. The number of rotatable bonds is 3. The molecule has 1 aromatic rings. The molecule has 1 aliphatic rings. The van der Waals surface area contributed by atoms with Gasteiger partial charge in [-0.2, -0.15) is 0 Å². The Hall–Kier alpha value is -1.18. The van der Waals surface area contributed by atoms with E-state index in [1.54, 1.807) is 7.11 Å². The summed E-state index contributed by atoms with van der Waals surface area (Å²) in [7, 11) is 1.69. The van der Waals surface area contributed by atoms with Crippen LogP contribution in [0.1, 0.15) is 37.7 Å². The second-order valence-corrected chi connectivity index (χ2v) is 4.53. The highest BCUT2D eigenvalue weighted by Crippen LogP contribution is 2.31. The average molecular weight is 220 g/mol. The second-order valence-electron chi connectivity index (χ2n) is 4.53. The third-order valence-electron chi connectivity index (χ3n) is 3.16. The average Bonchev–Trinajstić information content (AvgIpc) is 2.31. The van der Waals surface area contributed by atoms with Crippen molar-refractivity contribution >= 4 is 0 Å². The van der Waals surface area contributed by atoms with E-state index in [-0.39, 0.29) is 0 Å². The largest absolute Gasteiger partial charge is 0.493 e. The third-order valence-corrected chi connectivity index (χ3v) is 3.16. The van der Waals surface area contributed by atoms with E-state index in [2.05, 4.69) is 13.0 Å². The summed E-state index contributed by atoms with van der Waals surface area (Å²) in [5, 5.41) is 0. The molecule has 0 amide bonds. The molecule has 0 atom stereocenters. The van der Waals surface area contributed by atoms with E-state index in [0.717, 1.165) is 11.5 Å². The first kappa shape index (κ1) is 11.3. The fourth-order valence-corrected chi connectivity index (χ4v) is 2.24. The first-order valence-corrected chi connectivity index (χ1v) is 6.11. The summed E-state index contributed by atoms with van der Waals surface area (Å²) < 4.78 is 11.4. The minimum Gasteiger partial charge on any atom is -0.493 e. The minimum atomic E-state index is 0.379. The van der Waals surface area contributed by atoms with Crippen LogP contribution in [0.25, 0.3) is 0 Å². The van der Waals surface area contributed by atoms with E-state index >= 15 is 0 Å². The van der Waals surface area contributed by atoms with Crippen LogP contribution in [-0.4, -0.2) is 13.2 Å². The van der Waals surface area contributed by atoms with Gasteiger partial charge in [0.05, 0.1) is 13.2 Å². The number of methoxy groups -OCH3 is 1. The number of aryl methyl sites for hydroxylation is 1. The lowest BCUT2D eigenvalue weighted by Crippen LogP contribution is -2.19. The molecule has 16 heavy (non-hydrogen) atoms. The van der Waals surface area contributed by atoms with Gasteiger partial charge in [0.2, 0.25) is 0 Å². The van der Waals surface area contributed by atoms with Gasteiger partial charge >= 0.3 is 0 Å². The zero-order valence-corrected chi connectivity index (χ0v) is 10.2. The van der Waals surface area contributed by atoms with Crippen molar-refractivity contribution in [3.8, 4) is 11.5 Å². The molecule has 2 heteroatoms. The summed E-state index contributed by atoms with van der Waals surface area (Å²) in [5.74, 6) is 1.74. The number of hydrogen-bond donors (Lipinski definition) is 0. The molecule has 1 saturated carbocycles. The maximum absolute atomic E-state index is 6.03. The summed E-state index contributed by atoms with van der Waals surface area (Å²) >= 11 is 0. The van der Waals surface area contributed by atoms with Crippen LogP contribution in [0.4, 0.5) is 0 Å². The summed E-state index contributed by atoms with van der Waals surface area (Å²) in [6.07, 6.45) is 6.67. The van der Waals surface area contributed by atoms with Crippen molar-refractivity contribution in [2.24, 2.45) is 0 Å². The van der Waals surface area contributed by atoms with E-state index in [0.29, 0.717) is 6.10 Å². The van der Waals surface area contributed by atoms with Gasteiger partial charge in [0.25, 0.3) is 0 Å². The van der Waals surface area contributed by atoms with E-state index in [4.69, 9.17) is 9.47 Å². The van der Waals surface area contributed by atoms with Crippen molar-refractivity contribution in [3.63, 3.8) is 0 Å². The maximum Gasteiger partial charge on any atom is 0.161 e. The Morgan fingerprint density at radius 2 is 1.81 bits per heavy atom. The Balaban J connectivity index is 2.09. The minimum absolute atomic E-state index is 0.379. The summed E-state index contributed by atoms with van der Waals surface area (Å²) in [4.78, 5) is 0. The topological polar surface area (TPSA) is 18.5 Å². The Kier molecular flexibility index (Phi) is 3.70. The molecule has 0 aromatic heterocycles. The molecule has 1 aliphatic carbocycles. The van der Waals surface area contributed by atoms with Gasteiger partial charge in [-0.05, 0) is 50.3 Å². The molecule has 0 bridgehead atoms. The van der Waals surface area contributed by atoms with Crippen molar-refractivity contribution in [2.45, 2.75) is 45.1 Å². The number of ether oxygens (including phenoxy) is 2. The van der Waals surface area contributed by atoms with Crippen LogP contribution in [-0.2, 0) is 0 Å². The predicted octanol–water partition coefficient (Wildman–Crippen LogP) is 3.72. The van der Waals surface area contributed by atoms with Gasteiger partial charge in [-0.3, -0.25) is 0 Å². The van der Waals surface area contributed by atoms with Gasteiger partial charge in [-0.1, -0.05) is 12.5 Å². The summed E-state index contributed by atoms with van der Waals surface area (Å²) in [5.41, 5.74) is 1.21. The molecule has 88 valence electrons. The molecular weight excluding hydrogens is 200 g/mol. The van der Waals surface area contributed by atoms with Crippen LogP contribution in [0, 0.1) is 6.92 Å². The van der Waals surface area contributed by atoms with Gasteiger partial charge in [0.15, 0.2) is 11.5 Å². The highest BCUT2D eigenvalue weighted by molar-refractivity contribution is 5.42. The van der Waals surface area contributed by atoms with E-state index in [1.165, 1.54) is 37.7 Å². The van der Waals surface area contributed by atoms with Crippen molar-refractivity contribution < 1.29 is 9.47 Å². The summed E-state index contributed by atoms with van der Waals surface area (Å²) in [6, 6.07) is 6.09. The lowest BCUT2D eigenvalue weighted by Gasteiger charge is -2.24. The first-order valence-electron chi connectivity index (χ1n) is 6.11. The van der Waals surface area contributed by atoms with E-state index in [9.17, 15) is 0 Å². The molecule has 1 aromatic carbocycles. The Bertz CT molecular complexity index is 341. The smallest absolute Gasteiger partial charge is 0.161 e. The quantitative estimate of drug-likeness (QED) is 0.773. The van der Waals surface area contributed by atoms with Crippen molar-refractivity contribution in [3.05, 3.63) is 23.8 Å². The van der Waals surface area contributed by atoms with Crippen LogP contribution in [0.5, 0.6) is 11.5 Å². The van der Waals surface area contributed by atoms with Crippen LogP contribution in [0.2, 0.25) is 0 Å². The van der Waals surface area contributed by atoms with Gasteiger partial charge in [0.1, 0.15) is 0 Å².